The number of rotatable bonds is 3. The molecule has 0 aliphatic rings. The lowest BCUT2D eigenvalue weighted by atomic mass is 10.0. The zero-order valence-corrected chi connectivity index (χ0v) is 15.4. The molecular formula is C20H13BrS2. The minimum Gasteiger partial charge on any atom is -0.143 e. The average Bonchev–Trinajstić information content (AvgIpc) is 3.27. The van der Waals surface area contributed by atoms with Gasteiger partial charge in [0.15, 0.2) is 0 Å². The average molecular weight is 397 g/mol. The monoisotopic (exact) mass is 396 g/mol. The van der Waals surface area contributed by atoms with Crippen LogP contribution in [0, 0.1) is 0 Å². The highest BCUT2D eigenvalue weighted by molar-refractivity contribution is 9.10. The lowest BCUT2D eigenvalue weighted by Crippen LogP contribution is -1.78. The molecule has 0 bridgehead atoms. The summed E-state index contributed by atoms with van der Waals surface area (Å²) >= 11 is 7.12. The summed E-state index contributed by atoms with van der Waals surface area (Å²) in [4.78, 5) is 4.00. The van der Waals surface area contributed by atoms with Crippen LogP contribution >= 0.6 is 38.6 Å². The molecule has 4 rings (SSSR count). The highest BCUT2D eigenvalue weighted by Gasteiger charge is 2.06. The van der Waals surface area contributed by atoms with Gasteiger partial charge >= 0.3 is 0 Å². The molecule has 112 valence electrons. The van der Waals surface area contributed by atoms with E-state index in [1.807, 2.05) is 11.3 Å². The first-order valence-electron chi connectivity index (χ1n) is 7.30. The first-order chi connectivity index (χ1) is 11.3. The largest absolute Gasteiger partial charge is 0.143 e. The maximum Gasteiger partial charge on any atom is 0.0449 e. The van der Waals surface area contributed by atoms with E-state index in [0.29, 0.717) is 0 Å². The molecule has 0 aliphatic heterocycles. The summed E-state index contributed by atoms with van der Waals surface area (Å²) in [6.07, 6.45) is 0. The molecule has 0 spiro atoms. The number of halogens is 1. The molecule has 0 atom stereocenters. The van der Waals surface area contributed by atoms with Gasteiger partial charge in [-0.1, -0.05) is 58.4 Å². The fourth-order valence-corrected chi connectivity index (χ4v) is 4.62. The van der Waals surface area contributed by atoms with Gasteiger partial charge in [-0.2, -0.15) is 0 Å². The Morgan fingerprint density at radius 2 is 1.17 bits per heavy atom. The molecule has 0 fully saturated rings. The third-order valence-corrected chi connectivity index (χ3v) is 6.45. The van der Waals surface area contributed by atoms with Crippen molar-refractivity contribution in [2.75, 3.05) is 0 Å². The van der Waals surface area contributed by atoms with Gasteiger partial charge in [-0.05, 0) is 52.4 Å². The predicted molar refractivity (Wildman–Crippen MR) is 106 cm³/mol. The zero-order valence-electron chi connectivity index (χ0n) is 12.2. The molecular weight excluding hydrogens is 384 g/mol. The van der Waals surface area contributed by atoms with Gasteiger partial charge in [-0.3, -0.25) is 0 Å². The molecule has 2 heterocycles. The van der Waals surface area contributed by atoms with Crippen LogP contribution in [0.5, 0.6) is 0 Å². The van der Waals surface area contributed by atoms with E-state index >= 15 is 0 Å². The number of hydrogen-bond donors (Lipinski definition) is 0. The zero-order chi connectivity index (χ0) is 15.6. The van der Waals surface area contributed by atoms with Crippen LogP contribution in [0.25, 0.3) is 31.3 Å². The van der Waals surface area contributed by atoms with Crippen LogP contribution in [0.2, 0.25) is 0 Å². The second-order valence-corrected chi connectivity index (χ2v) is 8.17. The smallest absolute Gasteiger partial charge is 0.0449 e. The standard InChI is InChI=1S/C20H13BrS2/c21-17-9-7-15(8-10-17)14-3-5-16(6-4-14)18-11-12-20(23-18)19-2-1-13-22-19/h1-13H. The predicted octanol–water partition coefficient (Wildman–Crippen LogP) is 7.57. The Morgan fingerprint density at radius 3 is 1.83 bits per heavy atom. The summed E-state index contributed by atoms with van der Waals surface area (Å²) in [5, 5.41) is 2.13. The van der Waals surface area contributed by atoms with E-state index in [2.05, 4.69) is 94.1 Å². The maximum atomic E-state index is 3.48. The fourth-order valence-electron chi connectivity index (χ4n) is 2.51. The van der Waals surface area contributed by atoms with Crippen LogP contribution in [-0.2, 0) is 0 Å². The van der Waals surface area contributed by atoms with Gasteiger partial charge in [0.05, 0.1) is 0 Å². The van der Waals surface area contributed by atoms with Gasteiger partial charge in [0.25, 0.3) is 0 Å². The van der Waals surface area contributed by atoms with E-state index in [1.165, 1.54) is 31.3 Å². The Bertz CT molecular complexity index is 901. The Labute approximate surface area is 152 Å². The van der Waals surface area contributed by atoms with Gasteiger partial charge in [0.1, 0.15) is 0 Å². The quantitative estimate of drug-likeness (QED) is 0.334. The number of hydrogen-bond acceptors (Lipinski definition) is 2. The highest BCUT2D eigenvalue weighted by Crippen LogP contribution is 2.37. The Morgan fingerprint density at radius 1 is 0.565 bits per heavy atom. The first kappa shape index (κ1) is 14.9. The summed E-state index contributed by atoms with van der Waals surface area (Å²) in [5.41, 5.74) is 3.76. The molecule has 0 amide bonds. The van der Waals surface area contributed by atoms with Crippen molar-refractivity contribution in [3.63, 3.8) is 0 Å². The third-order valence-electron chi connectivity index (χ3n) is 3.72. The van der Waals surface area contributed by atoms with Gasteiger partial charge in [-0.15, -0.1) is 22.7 Å². The van der Waals surface area contributed by atoms with Crippen molar-refractivity contribution in [3.05, 3.63) is 82.6 Å². The van der Waals surface area contributed by atoms with Crippen LogP contribution in [0.3, 0.4) is 0 Å². The summed E-state index contributed by atoms with van der Waals surface area (Å²) in [5.74, 6) is 0. The second-order valence-electron chi connectivity index (χ2n) is 5.23. The summed E-state index contributed by atoms with van der Waals surface area (Å²) in [6.45, 7) is 0. The van der Waals surface area contributed by atoms with Gasteiger partial charge in [0.2, 0.25) is 0 Å². The van der Waals surface area contributed by atoms with Crippen LogP contribution in [0.15, 0.2) is 82.6 Å². The molecule has 0 radical (unpaired) electrons. The van der Waals surface area contributed by atoms with E-state index in [9.17, 15) is 0 Å². The SMILES string of the molecule is Brc1ccc(-c2ccc(-c3ccc(-c4cccs4)s3)cc2)cc1. The van der Waals surface area contributed by atoms with E-state index < -0.39 is 0 Å². The molecule has 3 heteroatoms. The summed E-state index contributed by atoms with van der Waals surface area (Å²) < 4.78 is 1.11. The number of benzene rings is 2. The third kappa shape index (κ3) is 3.18. The molecule has 0 N–H and O–H groups in total. The van der Waals surface area contributed by atoms with E-state index in [1.54, 1.807) is 11.3 Å². The van der Waals surface area contributed by atoms with Gasteiger partial charge < -0.3 is 0 Å². The van der Waals surface area contributed by atoms with Crippen molar-refractivity contribution in [1.82, 2.24) is 0 Å². The molecule has 4 aromatic rings. The molecule has 0 saturated heterocycles. The van der Waals surface area contributed by atoms with Crippen LogP contribution in [-0.4, -0.2) is 0 Å². The first-order valence-corrected chi connectivity index (χ1v) is 9.78. The summed E-state index contributed by atoms with van der Waals surface area (Å²) in [7, 11) is 0. The topological polar surface area (TPSA) is 0 Å². The Kier molecular flexibility index (Phi) is 4.17. The summed E-state index contributed by atoms with van der Waals surface area (Å²) in [6, 6.07) is 26.0. The van der Waals surface area contributed by atoms with Crippen molar-refractivity contribution in [1.29, 1.82) is 0 Å². The van der Waals surface area contributed by atoms with Crippen LogP contribution in [0.4, 0.5) is 0 Å². The lowest BCUT2D eigenvalue weighted by molar-refractivity contribution is 1.59. The lowest BCUT2D eigenvalue weighted by Gasteiger charge is -2.03. The van der Waals surface area contributed by atoms with Crippen molar-refractivity contribution in [2.45, 2.75) is 0 Å². The van der Waals surface area contributed by atoms with Gasteiger partial charge in [-0.25, -0.2) is 0 Å². The minimum absolute atomic E-state index is 1.11. The van der Waals surface area contributed by atoms with Crippen molar-refractivity contribution in [3.8, 4) is 31.3 Å². The molecule has 23 heavy (non-hydrogen) atoms. The molecule has 0 nitrogen and oxygen atoms in total. The van der Waals surface area contributed by atoms with Crippen molar-refractivity contribution < 1.29 is 0 Å². The van der Waals surface area contributed by atoms with Crippen LogP contribution in [0.1, 0.15) is 0 Å². The van der Waals surface area contributed by atoms with E-state index in [-0.39, 0.29) is 0 Å². The Balaban J connectivity index is 1.62. The van der Waals surface area contributed by atoms with E-state index in [0.717, 1.165) is 4.47 Å². The molecule has 0 saturated carbocycles. The molecule has 0 aliphatic carbocycles. The van der Waals surface area contributed by atoms with Crippen molar-refractivity contribution in [2.24, 2.45) is 0 Å². The van der Waals surface area contributed by atoms with Gasteiger partial charge in [0, 0.05) is 19.1 Å². The van der Waals surface area contributed by atoms with E-state index in [4.69, 9.17) is 0 Å². The molecule has 2 aromatic heterocycles. The normalized spacial score (nSPS) is 10.8. The highest BCUT2D eigenvalue weighted by atomic mass is 79.9. The molecule has 0 unspecified atom stereocenters. The molecule has 2 aromatic carbocycles. The fraction of sp³-hybridized carbons (Fsp3) is 0. The Hall–Kier alpha value is -1.68. The van der Waals surface area contributed by atoms with Crippen molar-refractivity contribution >= 4 is 38.6 Å². The number of thiophene rings is 2. The minimum atomic E-state index is 1.11. The second kappa shape index (κ2) is 6.44. The van der Waals surface area contributed by atoms with Crippen LogP contribution < -0.4 is 0 Å². The maximum absolute atomic E-state index is 3.48.